The Morgan fingerprint density at radius 1 is 1.36 bits per heavy atom. The number of nitrogens with zero attached hydrogens (tertiary/aromatic N) is 4. The summed E-state index contributed by atoms with van der Waals surface area (Å²) in [5.74, 6) is 5.18. The first-order chi connectivity index (χ1) is 17.3. The van der Waals surface area contributed by atoms with Crippen LogP contribution in [0, 0.1) is 24.6 Å². The predicted octanol–water partition coefficient (Wildman–Crippen LogP) is 2.39. The number of halogens is 1. The molecule has 0 radical (unpaired) electrons. The zero-order valence-corrected chi connectivity index (χ0v) is 20.3. The van der Waals surface area contributed by atoms with E-state index in [1.807, 2.05) is 13.0 Å². The van der Waals surface area contributed by atoms with Gasteiger partial charge in [0.1, 0.15) is 17.2 Å². The third-order valence-electron chi connectivity index (χ3n) is 6.26. The van der Waals surface area contributed by atoms with Gasteiger partial charge in [-0.05, 0) is 49.1 Å². The van der Waals surface area contributed by atoms with Crippen LogP contribution < -0.4 is 11.1 Å². The number of carbonyl (C=O) groups excluding carboxylic acids is 2. The third-order valence-corrected chi connectivity index (χ3v) is 6.26. The van der Waals surface area contributed by atoms with Gasteiger partial charge in [-0.3, -0.25) is 14.6 Å². The molecule has 186 valence electrons. The minimum absolute atomic E-state index is 0.163. The van der Waals surface area contributed by atoms with Crippen LogP contribution in [-0.2, 0) is 9.53 Å². The second-order valence-electron chi connectivity index (χ2n) is 8.59. The first-order valence-corrected chi connectivity index (χ1v) is 11.4. The number of nitrogens with two attached hydrogens (primary N) is 1. The number of carbonyl (C=O) groups is 2. The summed E-state index contributed by atoms with van der Waals surface area (Å²) in [4.78, 5) is 30.6. The van der Waals surface area contributed by atoms with E-state index < -0.39 is 11.7 Å². The average molecular weight is 491 g/mol. The highest BCUT2D eigenvalue weighted by Gasteiger charge is 2.37. The molecular formula is C26H27FN6O3. The molecule has 1 saturated heterocycles. The molecule has 0 bridgehead atoms. The van der Waals surface area contributed by atoms with Crippen LogP contribution in [0.1, 0.15) is 39.6 Å². The number of fused-ring (bicyclic) bond motifs is 1. The zero-order valence-electron chi connectivity index (χ0n) is 20.3. The van der Waals surface area contributed by atoms with Gasteiger partial charge in [0.25, 0.3) is 5.91 Å². The first kappa shape index (κ1) is 24.9. The summed E-state index contributed by atoms with van der Waals surface area (Å²) in [5, 5.41) is 8.31. The van der Waals surface area contributed by atoms with Crippen molar-refractivity contribution >= 4 is 28.5 Å². The fraction of sp³-hybridized carbons (Fsp3) is 0.308. The first-order valence-electron chi connectivity index (χ1n) is 11.4. The lowest BCUT2D eigenvalue weighted by molar-refractivity contribution is -0.127. The zero-order chi connectivity index (χ0) is 26.0. The van der Waals surface area contributed by atoms with Gasteiger partial charge in [-0.1, -0.05) is 12.5 Å². The topological polar surface area (TPSA) is 115 Å². The normalized spacial score (nSPS) is 17.1. The molecule has 1 fully saturated rings. The number of likely N-dealkylation sites (tertiary alicyclic amines) is 1. The lowest BCUT2D eigenvalue weighted by Crippen LogP contribution is -2.37. The molecule has 0 spiro atoms. The molecule has 2 atom stereocenters. The maximum absolute atomic E-state index is 13.5. The van der Waals surface area contributed by atoms with E-state index in [-0.39, 0.29) is 29.2 Å². The molecule has 3 aromatic rings. The maximum Gasteiger partial charge on any atom is 0.255 e. The minimum Gasteiger partial charge on any atom is -0.383 e. The summed E-state index contributed by atoms with van der Waals surface area (Å²) in [6, 6.07) is 4.59. The molecule has 3 heterocycles. The molecule has 2 aromatic heterocycles. The number of benzene rings is 1. The van der Waals surface area contributed by atoms with Crippen LogP contribution in [0.25, 0.3) is 10.9 Å². The van der Waals surface area contributed by atoms with Crippen molar-refractivity contribution < 1.29 is 18.7 Å². The number of nitrogens with one attached hydrogen (secondary N) is 1. The van der Waals surface area contributed by atoms with Crippen molar-refractivity contribution in [2.24, 2.45) is 5.73 Å². The van der Waals surface area contributed by atoms with Crippen molar-refractivity contribution in [1.29, 1.82) is 0 Å². The van der Waals surface area contributed by atoms with Gasteiger partial charge >= 0.3 is 0 Å². The van der Waals surface area contributed by atoms with E-state index in [2.05, 4.69) is 33.8 Å². The molecule has 10 heteroatoms. The molecule has 0 saturated carbocycles. The molecular weight excluding hydrogens is 463 g/mol. The van der Waals surface area contributed by atoms with E-state index in [1.165, 1.54) is 12.1 Å². The predicted molar refractivity (Wildman–Crippen MR) is 134 cm³/mol. The number of amides is 2. The van der Waals surface area contributed by atoms with Crippen molar-refractivity contribution in [1.82, 2.24) is 19.7 Å². The molecule has 0 unspecified atom stereocenters. The van der Waals surface area contributed by atoms with Crippen LogP contribution in [0.3, 0.4) is 0 Å². The number of rotatable bonds is 6. The van der Waals surface area contributed by atoms with Crippen LogP contribution in [-0.4, -0.2) is 64.8 Å². The standard InChI is InChI=1S/C26H27FN6O3/c1-5-23(34)32-13-19(11-20(32)14-36-4)33-26(29-3)24(25(28)35)21(31-33)7-6-16-10-22-17(8-15(16)2)9-18(27)12-30-22/h5,8-10,12,19-20,29H,1,11,13-14H2,2-4H3,(H2,28,35)/t19-,20+/m0/s1. The Morgan fingerprint density at radius 3 is 2.81 bits per heavy atom. The van der Waals surface area contributed by atoms with E-state index in [0.29, 0.717) is 41.9 Å². The van der Waals surface area contributed by atoms with E-state index in [0.717, 1.165) is 11.8 Å². The number of hydrogen-bond donors (Lipinski definition) is 2. The highest BCUT2D eigenvalue weighted by atomic mass is 19.1. The van der Waals surface area contributed by atoms with Crippen LogP contribution in [0.15, 0.2) is 37.1 Å². The summed E-state index contributed by atoms with van der Waals surface area (Å²) in [6.45, 7) is 6.18. The lowest BCUT2D eigenvalue weighted by Gasteiger charge is -2.22. The number of pyridine rings is 1. The van der Waals surface area contributed by atoms with Gasteiger partial charge in [-0.2, -0.15) is 5.10 Å². The fourth-order valence-electron chi connectivity index (χ4n) is 4.59. The third kappa shape index (κ3) is 4.65. The maximum atomic E-state index is 13.5. The van der Waals surface area contributed by atoms with Crippen LogP contribution in [0.4, 0.5) is 10.2 Å². The Labute approximate surface area is 208 Å². The van der Waals surface area contributed by atoms with Gasteiger partial charge in [0, 0.05) is 31.7 Å². The number of aromatic nitrogens is 3. The SMILES string of the molecule is C=CC(=O)N1C[C@@H](n2nc(C#Cc3cc4ncc(F)cc4cc3C)c(C(N)=O)c2NC)C[C@@H]1COC. The van der Waals surface area contributed by atoms with Gasteiger partial charge in [-0.15, -0.1) is 0 Å². The number of anilines is 1. The quantitative estimate of drug-likeness (QED) is 0.405. The van der Waals surface area contributed by atoms with Gasteiger partial charge in [0.15, 0.2) is 5.69 Å². The van der Waals surface area contributed by atoms with Crippen LogP contribution >= 0.6 is 0 Å². The Kier molecular flexibility index (Phi) is 7.03. The van der Waals surface area contributed by atoms with E-state index in [9.17, 15) is 14.0 Å². The number of ether oxygens (including phenoxy) is 1. The van der Waals surface area contributed by atoms with E-state index >= 15 is 0 Å². The molecule has 1 aliphatic heterocycles. The van der Waals surface area contributed by atoms with Gasteiger partial charge in [0.05, 0.1) is 30.4 Å². The van der Waals surface area contributed by atoms with Crippen LogP contribution in [0.5, 0.6) is 0 Å². The Morgan fingerprint density at radius 2 is 2.14 bits per heavy atom. The Balaban J connectivity index is 1.75. The summed E-state index contributed by atoms with van der Waals surface area (Å²) < 4.78 is 20.5. The smallest absolute Gasteiger partial charge is 0.255 e. The fourth-order valence-corrected chi connectivity index (χ4v) is 4.59. The summed E-state index contributed by atoms with van der Waals surface area (Å²) in [7, 11) is 3.25. The molecule has 0 aliphatic carbocycles. The molecule has 2 amide bonds. The van der Waals surface area contributed by atoms with E-state index in [4.69, 9.17) is 10.5 Å². The molecule has 9 nitrogen and oxygen atoms in total. The van der Waals surface area contributed by atoms with Crippen LogP contribution in [0.2, 0.25) is 0 Å². The lowest BCUT2D eigenvalue weighted by atomic mass is 10.0. The molecule has 36 heavy (non-hydrogen) atoms. The number of aryl methyl sites for hydroxylation is 1. The van der Waals surface area contributed by atoms with Gasteiger partial charge < -0.3 is 20.7 Å². The number of methoxy groups -OCH3 is 1. The van der Waals surface area contributed by atoms with Crippen molar-refractivity contribution in [3.63, 3.8) is 0 Å². The Hall–Kier alpha value is -4.23. The van der Waals surface area contributed by atoms with E-state index in [1.54, 1.807) is 29.8 Å². The van der Waals surface area contributed by atoms with Crippen molar-refractivity contribution in [3.8, 4) is 11.8 Å². The molecule has 1 aromatic carbocycles. The highest BCUT2D eigenvalue weighted by Crippen LogP contribution is 2.32. The van der Waals surface area contributed by atoms with Crippen molar-refractivity contribution in [2.75, 3.05) is 32.6 Å². The second-order valence-corrected chi connectivity index (χ2v) is 8.59. The molecule has 4 rings (SSSR count). The molecule has 3 N–H and O–H groups in total. The summed E-state index contributed by atoms with van der Waals surface area (Å²) >= 11 is 0. The summed E-state index contributed by atoms with van der Waals surface area (Å²) in [6.07, 6.45) is 2.99. The number of hydrogen-bond acceptors (Lipinski definition) is 6. The Bertz CT molecular complexity index is 1420. The largest absolute Gasteiger partial charge is 0.383 e. The van der Waals surface area contributed by atoms with Crippen molar-refractivity contribution in [2.45, 2.75) is 25.4 Å². The van der Waals surface area contributed by atoms with Crippen molar-refractivity contribution in [3.05, 3.63) is 65.3 Å². The monoisotopic (exact) mass is 490 g/mol. The van der Waals surface area contributed by atoms with Gasteiger partial charge in [0.2, 0.25) is 5.91 Å². The highest BCUT2D eigenvalue weighted by molar-refractivity contribution is 6.00. The van der Waals surface area contributed by atoms with Gasteiger partial charge in [-0.25, -0.2) is 9.07 Å². The second kappa shape index (κ2) is 10.2. The minimum atomic E-state index is -0.673. The summed E-state index contributed by atoms with van der Waals surface area (Å²) in [5.41, 5.74) is 8.20. The number of primary amides is 1. The molecule has 1 aliphatic rings. The average Bonchev–Trinajstić information content (AvgIpc) is 3.43.